The maximum atomic E-state index is 4.38. The van der Waals surface area contributed by atoms with Crippen LogP contribution in [0.3, 0.4) is 0 Å². The molecule has 94 valence electrons. The first-order valence-corrected chi connectivity index (χ1v) is 7.17. The Morgan fingerprint density at radius 1 is 1.28 bits per heavy atom. The summed E-state index contributed by atoms with van der Waals surface area (Å²) in [6, 6.07) is 8.07. The molecule has 0 saturated carbocycles. The highest BCUT2D eigenvalue weighted by atomic mass is 79.9. The number of nitrogens with zero attached hydrogens (tertiary/aromatic N) is 2. The number of rotatable bonds is 3. The van der Waals surface area contributed by atoms with Crippen LogP contribution in [0.2, 0.25) is 0 Å². The highest BCUT2D eigenvalue weighted by Crippen LogP contribution is 2.21. The van der Waals surface area contributed by atoms with Crippen LogP contribution in [0, 0.1) is 13.8 Å². The molecule has 1 aromatic carbocycles. The van der Waals surface area contributed by atoms with Gasteiger partial charge in [-0.15, -0.1) is 11.3 Å². The van der Waals surface area contributed by atoms with E-state index in [1.807, 2.05) is 38.1 Å². The van der Waals surface area contributed by atoms with Gasteiger partial charge in [0, 0.05) is 9.35 Å². The predicted octanol–water partition coefficient (Wildman–Crippen LogP) is 4.36. The fraction of sp³-hybridized carbons (Fsp3) is 0.231. The minimum absolute atomic E-state index is 0.835. The van der Waals surface area contributed by atoms with Gasteiger partial charge in [-0.05, 0) is 38.5 Å². The number of hydrogen-bond donors (Lipinski definition) is 1. The summed E-state index contributed by atoms with van der Waals surface area (Å²) < 4.78 is 1.07. The average molecular weight is 324 g/mol. The highest BCUT2D eigenvalue weighted by Gasteiger charge is 2.02. The van der Waals surface area contributed by atoms with E-state index in [0.717, 1.165) is 26.6 Å². The molecule has 2 rings (SSSR count). The van der Waals surface area contributed by atoms with E-state index in [2.05, 4.69) is 38.4 Å². The molecule has 0 bridgehead atoms. The van der Waals surface area contributed by atoms with E-state index in [1.54, 1.807) is 11.3 Å². The van der Waals surface area contributed by atoms with Crippen LogP contribution in [0.4, 0.5) is 5.13 Å². The molecular weight excluding hydrogens is 310 g/mol. The van der Waals surface area contributed by atoms with Crippen molar-refractivity contribution in [2.24, 2.45) is 5.10 Å². The number of benzene rings is 1. The molecule has 0 aliphatic rings. The van der Waals surface area contributed by atoms with Gasteiger partial charge in [-0.1, -0.05) is 28.1 Å². The zero-order chi connectivity index (χ0) is 13.1. The van der Waals surface area contributed by atoms with Crippen LogP contribution in [0.1, 0.15) is 23.1 Å². The Labute approximate surface area is 119 Å². The monoisotopic (exact) mass is 323 g/mol. The quantitative estimate of drug-likeness (QED) is 0.673. The lowest BCUT2D eigenvalue weighted by Crippen LogP contribution is -1.99. The van der Waals surface area contributed by atoms with E-state index >= 15 is 0 Å². The van der Waals surface area contributed by atoms with Gasteiger partial charge in [-0.3, -0.25) is 5.43 Å². The molecule has 0 amide bonds. The van der Waals surface area contributed by atoms with Crippen LogP contribution >= 0.6 is 27.3 Å². The normalized spacial score (nSPS) is 11.7. The van der Waals surface area contributed by atoms with Crippen molar-refractivity contribution in [2.75, 3.05) is 5.43 Å². The molecule has 0 aliphatic carbocycles. The number of hydrogen-bond acceptors (Lipinski definition) is 4. The Morgan fingerprint density at radius 3 is 2.50 bits per heavy atom. The van der Waals surface area contributed by atoms with Gasteiger partial charge in [0.2, 0.25) is 5.13 Å². The van der Waals surface area contributed by atoms with Crippen molar-refractivity contribution in [2.45, 2.75) is 20.8 Å². The largest absolute Gasteiger partial charge is 0.252 e. The molecular formula is C13H14BrN3S. The lowest BCUT2D eigenvalue weighted by Gasteiger charge is -2.01. The third-order valence-corrected chi connectivity index (χ3v) is 4.12. The van der Waals surface area contributed by atoms with E-state index in [-0.39, 0.29) is 0 Å². The van der Waals surface area contributed by atoms with Crippen LogP contribution in [0.5, 0.6) is 0 Å². The standard InChI is InChI=1S/C13H14BrN3S/c1-8-10(3)18-13(15-8)17-16-9(2)11-4-6-12(14)7-5-11/h4-7H,1-3H3,(H,15,17)/b16-9+. The molecule has 3 nitrogen and oxygen atoms in total. The number of aryl methyl sites for hydroxylation is 2. The first-order valence-electron chi connectivity index (χ1n) is 5.56. The summed E-state index contributed by atoms with van der Waals surface area (Å²) in [5.41, 5.74) is 6.09. The summed E-state index contributed by atoms with van der Waals surface area (Å²) >= 11 is 5.03. The van der Waals surface area contributed by atoms with Gasteiger partial charge in [0.25, 0.3) is 0 Å². The fourth-order valence-electron chi connectivity index (χ4n) is 1.41. The highest BCUT2D eigenvalue weighted by molar-refractivity contribution is 9.10. The van der Waals surface area contributed by atoms with Gasteiger partial charge in [0.15, 0.2) is 0 Å². The molecule has 0 aliphatic heterocycles. The van der Waals surface area contributed by atoms with Crippen molar-refractivity contribution in [1.29, 1.82) is 0 Å². The molecule has 0 fully saturated rings. The second kappa shape index (κ2) is 5.63. The smallest absolute Gasteiger partial charge is 0.203 e. The number of anilines is 1. The molecule has 0 unspecified atom stereocenters. The van der Waals surface area contributed by atoms with Gasteiger partial charge in [-0.2, -0.15) is 5.10 Å². The summed E-state index contributed by atoms with van der Waals surface area (Å²) in [6.07, 6.45) is 0. The minimum Gasteiger partial charge on any atom is -0.252 e. The average Bonchev–Trinajstić information content (AvgIpc) is 2.67. The van der Waals surface area contributed by atoms with Crippen LogP contribution in [0.15, 0.2) is 33.8 Å². The second-order valence-corrected chi connectivity index (χ2v) is 6.10. The number of aromatic nitrogens is 1. The van der Waals surface area contributed by atoms with Crippen molar-refractivity contribution in [1.82, 2.24) is 4.98 Å². The maximum Gasteiger partial charge on any atom is 0.203 e. The van der Waals surface area contributed by atoms with E-state index in [9.17, 15) is 0 Å². The van der Waals surface area contributed by atoms with Gasteiger partial charge in [0.1, 0.15) is 0 Å². The van der Waals surface area contributed by atoms with Crippen LogP contribution in [0.25, 0.3) is 0 Å². The first kappa shape index (κ1) is 13.2. The molecule has 1 N–H and O–H groups in total. The molecule has 18 heavy (non-hydrogen) atoms. The number of hydrazone groups is 1. The van der Waals surface area contributed by atoms with E-state index < -0.39 is 0 Å². The van der Waals surface area contributed by atoms with Gasteiger partial charge < -0.3 is 0 Å². The summed E-state index contributed by atoms with van der Waals surface area (Å²) in [5, 5.41) is 5.18. The SMILES string of the molecule is C/C(=N\Nc1nc(C)c(C)s1)c1ccc(Br)cc1. The van der Waals surface area contributed by atoms with E-state index in [0.29, 0.717) is 0 Å². The predicted molar refractivity (Wildman–Crippen MR) is 81.6 cm³/mol. The van der Waals surface area contributed by atoms with Gasteiger partial charge in [0.05, 0.1) is 11.4 Å². The lowest BCUT2D eigenvalue weighted by atomic mass is 10.1. The fourth-order valence-corrected chi connectivity index (χ4v) is 2.43. The van der Waals surface area contributed by atoms with E-state index in [4.69, 9.17) is 0 Å². The molecule has 5 heteroatoms. The Morgan fingerprint density at radius 2 is 1.94 bits per heavy atom. The Hall–Kier alpha value is -1.20. The zero-order valence-corrected chi connectivity index (χ0v) is 12.9. The number of halogens is 1. The molecule has 1 aromatic heterocycles. The molecule has 2 aromatic rings. The Balaban J connectivity index is 2.11. The van der Waals surface area contributed by atoms with Gasteiger partial charge in [-0.25, -0.2) is 4.98 Å². The zero-order valence-electron chi connectivity index (χ0n) is 10.5. The molecule has 0 spiro atoms. The van der Waals surface area contributed by atoms with Crippen molar-refractivity contribution >= 4 is 38.1 Å². The topological polar surface area (TPSA) is 37.3 Å². The van der Waals surface area contributed by atoms with Gasteiger partial charge >= 0.3 is 0 Å². The van der Waals surface area contributed by atoms with Crippen molar-refractivity contribution in [3.63, 3.8) is 0 Å². The Kier molecular flexibility index (Phi) is 4.14. The molecule has 0 atom stereocenters. The summed E-state index contributed by atoms with van der Waals surface area (Å²) in [4.78, 5) is 5.60. The number of thiazole rings is 1. The minimum atomic E-state index is 0.835. The van der Waals surface area contributed by atoms with Crippen LogP contribution in [-0.4, -0.2) is 10.7 Å². The van der Waals surface area contributed by atoms with Crippen molar-refractivity contribution in [3.05, 3.63) is 44.9 Å². The van der Waals surface area contributed by atoms with Crippen molar-refractivity contribution in [3.8, 4) is 0 Å². The van der Waals surface area contributed by atoms with Crippen molar-refractivity contribution < 1.29 is 0 Å². The number of nitrogens with one attached hydrogen (secondary N) is 1. The summed E-state index contributed by atoms with van der Waals surface area (Å²) in [6.45, 7) is 6.04. The van der Waals surface area contributed by atoms with Crippen LogP contribution < -0.4 is 5.43 Å². The van der Waals surface area contributed by atoms with E-state index in [1.165, 1.54) is 4.88 Å². The third kappa shape index (κ3) is 3.17. The maximum absolute atomic E-state index is 4.38. The molecule has 1 heterocycles. The summed E-state index contributed by atoms with van der Waals surface area (Å²) in [5.74, 6) is 0. The second-order valence-electron chi connectivity index (χ2n) is 3.98. The Bertz CT molecular complexity index is 553. The molecule has 0 radical (unpaired) electrons. The third-order valence-electron chi connectivity index (χ3n) is 2.61. The summed E-state index contributed by atoms with van der Waals surface area (Å²) in [7, 11) is 0. The lowest BCUT2D eigenvalue weighted by molar-refractivity contribution is 1.19. The molecule has 0 saturated heterocycles. The van der Waals surface area contributed by atoms with Crippen LogP contribution in [-0.2, 0) is 0 Å². The first-order chi connectivity index (χ1) is 8.56.